The third-order valence-corrected chi connectivity index (χ3v) is 17.1. The molecule has 0 radical (unpaired) electrons. The van der Waals surface area contributed by atoms with Gasteiger partial charge in [0.15, 0.2) is 5.78 Å². The summed E-state index contributed by atoms with van der Waals surface area (Å²) in [6.07, 6.45) is 11.3. The van der Waals surface area contributed by atoms with E-state index < -0.39 is 11.3 Å². The Labute approximate surface area is 284 Å². The fraction of sp³-hybridized carbons (Fsp3) is 0.902. The molecule has 0 aromatic rings. The Balaban J connectivity index is 1.22. The summed E-state index contributed by atoms with van der Waals surface area (Å²) in [6, 6.07) is 0.0527. The van der Waals surface area contributed by atoms with Crippen LogP contribution in [0.4, 0.5) is 8.78 Å². The molecule has 4 nitrogen and oxygen atoms in total. The highest BCUT2D eigenvalue weighted by Crippen LogP contribution is 2.77. The second-order valence-electron chi connectivity index (χ2n) is 19.5. The van der Waals surface area contributed by atoms with E-state index >= 15 is 4.79 Å². The van der Waals surface area contributed by atoms with Gasteiger partial charge >= 0.3 is 0 Å². The highest BCUT2D eigenvalue weighted by atomic mass is 19.3. The van der Waals surface area contributed by atoms with Gasteiger partial charge in [0.05, 0.1) is 5.41 Å². The molecule has 7 aliphatic rings. The lowest BCUT2D eigenvalue weighted by atomic mass is 9.32. The summed E-state index contributed by atoms with van der Waals surface area (Å²) in [5.41, 5.74) is 2.45. The number of piperidine rings is 1. The van der Waals surface area contributed by atoms with Crippen molar-refractivity contribution < 1.29 is 18.4 Å². The molecule has 4 saturated carbocycles. The van der Waals surface area contributed by atoms with Gasteiger partial charge in [0.1, 0.15) is 0 Å². The summed E-state index contributed by atoms with van der Waals surface area (Å²) < 4.78 is 27.9. The van der Waals surface area contributed by atoms with E-state index in [4.69, 9.17) is 0 Å². The molecule has 9 atom stereocenters. The van der Waals surface area contributed by atoms with E-state index in [0.717, 1.165) is 56.1 Å². The highest BCUT2D eigenvalue weighted by Gasteiger charge is 2.71. The molecule has 0 bridgehead atoms. The van der Waals surface area contributed by atoms with Crippen molar-refractivity contribution in [1.29, 1.82) is 0 Å². The number of likely N-dealkylation sites (tertiary alicyclic amines) is 2. The summed E-state index contributed by atoms with van der Waals surface area (Å²) in [5, 5.41) is 0. The maximum Gasteiger partial charge on any atom is 0.250 e. The third-order valence-electron chi connectivity index (χ3n) is 17.1. The van der Waals surface area contributed by atoms with Crippen molar-refractivity contribution in [3.8, 4) is 0 Å². The fourth-order valence-electron chi connectivity index (χ4n) is 14.0. The monoisotopic (exact) mass is 654 g/mol. The summed E-state index contributed by atoms with van der Waals surface area (Å²) in [4.78, 5) is 33.6. The summed E-state index contributed by atoms with van der Waals surface area (Å²) >= 11 is 0. The molecule has 7 rings (SSSR count). The van der Waals surface area contributed by atoms with E-state index in [1.807, 2.05) is 0 Å². The largest absolute Gasteiger partial charge is 0.338 e. The molecule has 6 heteroatoms. The van der Waals surface area contributed by atoms with E-state index in [9.17, 15) is 13.6 Å². The Morgan fingerprint density at radius 1 is 0.830 bits per heavy atom. The van der Waals surface area contributed by atoms with Crippen LogP contribution in [0.3, 0.4) is 0 Å². The molecule has 5 aliphatic carbocycles. The number of ketones is 1. The number of carbonyl (C=O) groups excluding carboxylic acids is 2. The van der Waals surface area contributed by atoms with Crippen LogP contribution in [0.25, 0.3) is 0 Å². The third kappa shape index (κ3) is 4.77. The van der Waals surface area contributed by atoms with E-state index in [0.29, 0.717) is 42.8 Å². The molecular formula is C41H64F2N2O2. The van der Waals surface area contributed by atoms with Crippen molar-refractivity contribution in [3.05, 3.63) is 11.1 Å². The summed E-state index contributed by atoms with van der Waals surface area (Å²) in [7, 11) is 0. The van der Waals surface area contributed by atoms with Crippen LogP contribution in [-0.4, -0.2) is 59.6 Å². The van der Waals surface area contributed by atoms with Crippen molar-refractivity contribution in [1.82, 2.24) is 9.80 Å². The Bertz CT molecular complexity index is 1330. The van der Waals surface area contributed by atoms with E-state index in [2.05, 4.69) is 65.2 Å². The van der Waals surface area contributed by atoms with E-state index in [-0.39, 0.29) is 53.2 Å². The van der Waals surface area contributed by atoms with Gasteiger partial charge in [0, 0.05) is 51.5 Å². The zero-order chi connectivity index (χ0) is 33.9. The smallest absolute Gasteiger partial charge is 0.250 e. The van der Waals surface area contributed by atoms with Crippen LogP contribution in [-0.2, 0) is 9.59 Å². The lowest BCUT2D eigenvalue weighted by Crippen LogP contribution is -2.65. The minimum Gasteiger partial charge on any atom is -0.338 e. The first-order valence-electron chi connectivity index (χ1n) is 19.6. The maximum absolute atomic E-state index is 15.2. The number of alkyl halides is 2. The number of amides is 1. The Morgan fingerprint density at radius 3 is 2.21 bits per heavy atom. The quantitative estimate of drug-likeness (QED) is 0.303. The minimum atomic E-state index is -2.57. The molecule has 47 heavy (non-hydrogen) atoms. The van der Waals surface area contributed by atoms with Crippen molar-refractivity contribution in [2.45, 2.75) is 151 Å². The maximum atomic E-state index is 15.2. The van der Waals surface area contributed by atoms with Crippen LogP contribution >= 0.6 is 0 Å². The molecule has 0 spiro atoms. The zero-order valence-electron chi connectivity index (χ0n) is 31.0. The van der Waals surface area contributed by atoms with Crippen LogP contribution < -0.4 is 0 Å². The minimum absolute atomic E-state index is 0.0527. The Hall–Kier alpha value is -1.30. The second-order valence-corrected chi connectivity index (χ2v) is 19.5. The number of rotatable bonds is 4. The topological polar surface area (TPSA) is 40.6 Å². The number of Topliss-reactive ketones (excluding diaryl/α,β-unsaturated/α-hetero) is 1. The zero-order valence-corrected chi connectivity index (χ0v) is 31.0. The fourth-order valence-corrected chi connectivity index (χ4v) is 14.0. The Morgan fingerprint density at radius 2 is 1.53 bits per heavy atom. The first-order chi connectivity index (χ1) is 21.9. The van der Waals surface area contributed by atoms with Crippen molar-refractivity contribution in [2.75, 3.05) is 26.2 Å². The average molecular weight is 655 g/mol. The average Bonchev–Trinajstić information content (AvgIpc) is 3.58. The van der Waals surface area contributed by atoms with Crippen LogP contribution in [0, 0.1) is 56.7 Å². The SMILES string of the molecule is CC(C)C1=C2[C@H]3CC[C@@H]4[C@@]5(C)CC[C@H](C)C(C)(C)[C@@H]5CC[C@@]4(C)[C@]3(C)CC[C@@]2(C(=O)N2CCC[C@H]2CN2CCC(F)(F)CC2)CC1=O. The number of halogens is 2. The van der Waals surface area contributed by atoms with Crippen LogP contribution in [0.5, 0.6) is 0 Å². The van der Waals surface area contributed by atoms with Gasteiger partial charge in [-0.3, -0.25) is 9.59 Å². The Kier molecular flexibility index (Phi) is 8.07. The van der Waals surface area contributed by atoms with Gasteiger partial charge in [0.25, 0.3) is 5.92 Å². The molecule has 2 saturated heterocycles. The molecule has 0 unspecified atom stereocenters. The van der Waals surface area contributed by atoms with Crippen molar-refractivity contribution in [2.24, 2.45) is 56.7 Å². The number of hydrogen-bond donors (Lipinski definition) is 0. The molecule has 0 aromatic heterocycles. The lowest BCUT2D eigenvalue weighted by molar-refractivity contribution is -0.220. The number of allylic oxidation sites excluding steroid dienone is 1. The van der Waals surface area contributed by atoms with E-state index in [1.165, 1.54) is 37.7 Å². The van der Waals surface area contributed by atoms with Gasteiger partial charge in [-0.15, -0.1) is 0 Å². The number of fused-ring (bicyclic) bond motifs is 7. The second kappa shape index (κ2) is 11.1. The number of hydrogen-bond acceptors (Lipinski definition) is 3. The number of carbonyl (C=O) groups is 2. The summed E-state index contributed by atoms with van der Waals surface area (Å²) in [6.45, 7) is 22.0. The number of nitrogens with zero attached hydrogens (tertiary/aromatic N) is 2. The van der Waals surface area contributed by atoms with Crippen molar-refractivity contribution >= 4 is 11.7 Å². The van der Waals surface area contributed by atoms with Gasteiger partial charge < -0.3 is 9.80 Å². The molecule has 2 aliphatic heterocycles. The van der Waals surface area contributed by atoms with Gasteiger partial charge in [0.2, 0.25) is 5.91 Å². The highest BCUT2D eigenvalue weighted by molar-refractivity contribution is 6.07. The first kappa shape index (κ1) is 34.2. The molecule has 0 N–H and O–H groups in total. The molecular weight excluding hydrogens is 590 g/mol. The van der Waals surface area contributed by atoms with Crippen LogP contribution in [0.15, 0.2) is 11.1 Å². The summed E-state index contributed by atoms with van der Waals surface area (Å²) in [5.74, 6) is 0.395. The van der Waals surface area contributed by atoms with Gasteiger partial charge in [-0.25, -0.2) is 8.78 Å². The van der Waals surface area contributed by atoms with Crippen LogP contribution in [0.1, 0.15) is 139 Å². The van der Waals surface area contributed by atoms with Crippen molar-refractivity contribution in [3.63, 3.8) is 0 Å². The van der Waals surface area contributed by atoms with Crippen LogP contribution in [0.2, 0.25) is 0 Å². The van der Waals surface area contributed by atoms with Gasteiger partial charge in [-0.2, -0.15) is 0 Å². The predicted molar refractivity (Wildman–Crippen MR) is 184 cm³/mol. The van der Waals surface area contributed by atoms with E-state index in [1.54, 1.807) is 0 Å². The van der Waals surface area contributed by atoms with Gasteiger partial charge in [-0.1, -0.05) is 55.4 Å². The predicted octanol–water partition coefficient (Wildman–Crippen LogP) is 9.33. The molecule has 264 valence electrons. The van der Waals surface area contributed by atoms with Gasteiger partial charge in [-0.05, 0) is 127 Å². The molecule has 2 heterocycles. The molecule has 1 amide bonds. The molecule has 6 fully saturated rings. The lowest BCUT2D eigenvalue weighted by Gasteiger charge is -2.72. The molecule has 0 aromatic carbocycles. The normalized spacial score (nSPS) is 46.2. The first-order valence-corrected chi connectivity index (χ1v) is 19.6. The standard InChI is InChI=1S/C41H64F2N2O2/c1-26(2)33-30(46)24-40(35(47)45-21-9-10-28(45)25-44-22-19-41(42,43)20-23-44)18-17-38(7)29(34(33)40)11-12-32-37(6)15-13-27(3)36(4,5)31(37)14-16-39(32,38)8/h26-29,31-32H,9-25H2,1-8H3/t27-,28-,29+,31-,32+,37-,38+,39+,40+/m0/s1.